The first kappa shape index (κ1) is 10.9. The highest BCUT2D eigenvalue weighted by Crippen LogP contribution is 2.25. The molecule has 0 aromatic rings. The number of ether oxygens (including phenoxy) is 1. The number of carbonyl (C=O) groups excluding carboxylic acids is 1. The van der Waals surface area contributed by atoms with E-state index in [1.54, 1.807) is 0 Å². The number of carbonyl (C=O) groups is 1. The summed E-state index contributed by atoms with van der Waals surface area (Å²) in [6.07, 6.45) is 1.01. The maximum Gasteiger partial charge on any atom is 0.338 e. The van der Waals surface area contributed by atoms with E-state index in [1.807, 2.05) is 0 Å². The maximum atomic E-state index is 10.5. The van der Waals surface area contributed by atoms with Crippen LogP contribution in [0, 0.1) is 0 Å². The smallest absolute Gasteiger partial charge is 0.338 e. The normalized spacial score (nSPS) is 10.1. The molecule has 0 aromatic heterocycles. The SMILES string of the molecule is C=C=CC(=O)OCC(Cl)(Cl)Cl. The summed E-state index contributed by atoms with van der Waals surface area (Å²) in [5, 5.41) is 0. The van der Waals surface area contributed by atoms with Crippen LogP contribution >= 0.6 is 34.8 Å². The average Bonchev–Trinajstić information content (AvgIpc) is 1.83. The minimum atomic E-state index is -1.56. The van der Waals surface area contributed by atoms with Crippen LogP contribution in [0.15, 0.2) is 18.4 Å². The number of alkyl halides is 3. The third kappa shape index (κ3) is 7.76. The number of hydrogen-bond donors (Lipinski definition) is 0. The van der Waals surface area contributed by atoms with Gasteiger partial charge in [0.25, 0.3) is 0 Å². The van der Waals surface area contributed by atoms with Crippen molar-refractivity contribution in [1.82, 2.24) is 0 Å². The fraction of sp³-hybridized carbons (Fsp3) is 0.333. The Morgan fingerprint density at radius 1 is 1.64 bits per heavy atom. The van der Waals surface area contributed by atoms with Crippen LogP contribution in [0.25, 0.3) is 0 Å². The summed E-state index contributed by atoms with van der Waals surface area (Å²) < 4.78 is 2.89. The molecule has 0 saturated heterocycles. The molecular formula is C6H5Cl3O2. The van der Waals surface area contributed by atoms with Crippen molar-refractivity contribution >= 4 is 40.8 Å². The second-order valence-electron chi connectivity index (χ2n) is 1.57. The van der Waals surface area contributed by atoms with Crippen molar-refractivity contribution in [1.29, 1.82) is 0 Å². The van der Waals surface area contributed by atoms with Crippen LogP contribution in [0.1, 0.15) is 0 Å². The van der Waals surface area contributed by atoms with Gasteiger partial charge in [0.1, 0.15) is 6.61 Å². The Hall–Kier alpha value is -0.140. The van der Waals surface area contributed by atoms with Gasteiger partial charge in [0.05, 0.1) is 6.08 Å². The maximum absolute atomic E-state index is 10.5. The van der Waals surface area contributed by atoms with Crippen LogP contribution < -0.4 is 0 Å². The molecule has 0 aliphatic carbocycles. The Morgan fingerprint density at radius 3 is 2.55 bits per heavy atom. The molecule has 0 aliphatic heterocycles. The predicted octanol–water partition coefficient (Wildman–Crippen LogP) is 2.24. The van der Waals surface area contributed by atoms with Gasteiger partial charge in [0, 0.05) is 0 Å². The van der Waals surface area contributed by atoms with E-state index in [0.717, 1.165) is 6.08 Å². The van der Waals surface area contributed by atoms with Crippen molar-refractivity contribution in [2.75, 3.05) is 6.61 Å². The predicted molar refractivity (Wildman–Crippen MR) is 45.0 cm³/mol. The van der Waals surface area contributed by atoms with Crippen LogP contribution in [0.5, 0.6) is 0 Å². The van der Waals surface area contributed by atoms with Crippen LogP contribution in [0.4, 0.5) is 0 Å². The average molecular weight is 215 g/mol. The van der Waals surface area contributed by atoms with E-state index in [0.29, 0.717) is 0 Å². The fourth-order valence-electron chi connectivity index (χ4n) is 0.278. The van der Waals surface area contributed by atoms with Crippen LogP contribution in [0.2, 0.25) is 0 Å². The van der Waals surface area contributed by atoms with Crippen molar-refractivity contribution in [2.24, 2.45) is 0 Å². The molecule has 5 heteroatoms. The minimum Gasteiger partial charge on any atom is -0.458 e. The quantitative estimate of drug-likeness (QED) is 0.306. The standard InChI is InChI=1S/C6H5Cl3O2/c1-2-3-5(10)11-4-6(7,8)9/h3H,1,4H2. The van der Waals surface area contributed by atoms with Gasteiger partial charge in [-0.05, 0) is 0 Å². The topological polar surface area (TPSA) is 26.3 Å². The molecule has 0 aliphatic rings. The number of esters is 1. The monoisotopic (exact) mass is 214 g/mol. The molecule has 2 nitrogen and oxygen atoms in total. The molecule has 62 valence electrons. The molecule has 0 amide bonds. The van der Waals surface area contributed by atoms with E-state index in [1.165, 1.54) is 0 Å². The summed E-state index contributed by atoms with van der Waals surface area (Å²) >= 11 is 15.8. The van der Waals surface area contributed by atoms with Gasteiger partial charge in [-0.1, -0.05) is 41.4 Å². The molecular weight excluding hydrogens is 210 g/mol. The van der Waals surface area contributed by atoms with Gasteiger partial charge < -0.3 is 4.74 Å². The molecule has 0 radical (unpaired) electrons. The summed E-state index contributed by atoms with van der Waals surface area (Å²) in [4.78, 5) is 10.5. The zero-order chi connectivity index (χ0) is 8.91. The highest BCUT2D eigenvalue weighted by atomic mass is 35.6. The first-order chi connectivity index (χ1) is 4.95. The van der Waals surface area contributed by atoms with Crippen molar-refractivity contribution in [3.05, 3.63) is 18.4 Å². The van der Waals surface area contributed by atoms with E-state index in [9.17, 15) is 4.79 Å². The lowest BCUT2D eigenvalue weighted by atomic mass is 10.6. The molecule has 0 rings (SSSR count). The van der Waals surface area contributed by atoms with Crippen molar-refractivity contribution in [3.63, 3.8) is 0 Å². The Labute approximate surface area is 79.4 Å². The van der Waals surface area contributed by atoms with Gasteiger partial charge in [0.15, 0.2) is 0 Å². The summed E-state index contributed by atoms with van der Waals surface area (Å²) in [6.45, 7) is 2.88. The van der Waals surface area contributed by atoms with Gasteiger partial charge in [-0.15, -0.1) is 5.73 Å². The Kier molecular flexibility index (Phi) is 4.62. The zero-order valence-electron chi connectivity index (χ0n) is 5.44. The van der Waals surface area contributed by atoms with E-state index >= 15 is 0 Å². The molecule has 0 heterocycles. The highest BCUT2D eigenvalue weighted by molar-refractivity contribution is 6.67. The third-order valence-electron chi connectivity index (χ3n) is 0.598. The molecule has 0 unspecified atom stereocenters. The highest BCUT2D eigenvalue weighted by Gasteiger charge is 2.21. The largest absolute Gasteiger partial charge is 0.458 e. The van der Waals surface area contributed by atoms with Gasteiger partial charge in [-0.25, -0.2) is 4.79 Å². The molecule has 0 bridgehead atoms. The lowest BCUT2D eigenvalue weighted by Gasteiger charge is -2.08. The molecule has 0 fully saturated rings. The van der Waals surface area contributed by atoms with Crippen molar-refractivity contribution < 1.29 is 9.53 Å². The molecule has 0 spiro atoms. The Balaban J connectivity index is 3.72. The summed E-state index contributed by atoms with van der Waals surface area (Å²) in [6, 6.07) is 0. The van der Waals surface area contributed by atoms with E-state index < -0.39 is 9.76 Å². The number of halogens is 3. The number of rotatable bonds is 2. The van der Waals surface area contributed by atoms with Gasteiger partial charge >= 0.3 is 5.97 Å². The molecule has 0 atom stereocenters. The van der Waals surface area contributed by atoms with E-state index in [2.05, 4.69) is 17.0 Å². The second kappa shape index (κ2) is 4.68. The second-order valence-corrected chi connectivity index (χ2v) is 4.09. The summed E-state index contributed by atoms with van der Waals surface area (Å²) in [5.74, 6) is -0.633. The Bertz CT molecular complexity index is 188. The van der Waals surface area contributed by atoms with Crippen LogP contribution in [-0.2, 0) is 9.53 Å². The van der Waals surface area contributed by atoms with Crippen molar-refractivity contribution in [3.8, 4) is 0 Å². The first-order valence-corrected chi connectivity index (χ1v) is 3.68. The molecule has 0 saturated carbocycles. The molecule has 11 heavy (non-hydrogen) atoms. The molecule has 0 aromatic carbocycles. The zero-order valence-corrected chi connectivity index (χ0v) is 7.71. The lowest BCUT2D eigenvalue weighted by Crippen LogP contribution is -2.15. The van der Waals surface area contributed by atoms with Gasteiger partial charge in [-0.3, -0.25) is 0 Å². The van der Waals surface area contributed by atoms with E-state index in [-0.39, 0.29) is 6.61 Å². The lowest BCUT2D eigenvalue weighted by molar-refractivity contribution is -0.137. The van der Waals surface area contributed by atoms with Gasteiger partial charge in [0.2, 0.25) is 3.79 Å². The first-order valence-electron chi connectivity index (χ1n) is 2.55. The summed E-state index contributed by atoms with van der Waals surface area (Å²) in [7, 11) is 0. The summed E-state index contributed by atoms with van der Waals surface area (Å²) in [5.41, 5.74) is 2.22. The fourth-order valence-corrected chi connectivity index (χ4v) is 0.442. The van der Waals surface area contributed by atoms with Crippen LogP contribution in [-0.4, -0.2) is 16.4 Å². The number of hydrogen-bond acceptors (Lipinski definition) is 2. The van der Waals surface area contributed by atoms with Crippen LogP contribution in [0.3, 0.4) is 0 Å². The van der Waals surface area contributed by atoms with E-state index in [4.69, 9.17) is 34.8 Å². The minimum absolute atomic E-state index is 0.283. The van der Waals surface area contributed by atoms with Crippen molar-refractivity contribution in [2.45, 2.75) is 3.79 Å². The third-order valence-corrected chi connectivity index (χ3v) is 0.925. The Morgan fingerprint density at radius 2 is 2.18 bits per heavy atom. The molecule has 0 N–H and O–H groups in total. The van der Waals surface area contributed by atoms with Gasteiger partial charge in [-0.2, -0.15) is 0 Å².